The maximum absolute atomic E-state index is 12.3. The molecule has 5 atom stereocenters. The maximum atomic E-state index is 12.3. The topological polar surface area (TPSA) is 68.2 Å². The number of aliphatic hydroxyl groups excluding tert-OH is 1. The minimum absolute atomic E-state index is 0.241. The fourth-order valence-electron chi connectivity index (χ4n) is 3.24. The van der Waals surface area contributed by atoms with Crippen molar-refractivity contribution in [2.24, 2.45) is 0 Å². The first kappa shape index (κ1) is 13.9. The fourth-order valence-corrected chi connectivity index (χ4v) is 3.24. The summed E-state index contributed by atoms with van der Waals surface area (Å²) in [7, 11) is 0. The van der Waals surface area contributed by atoms with E-state index in [0.29, 0.717) is 0 Å². The lowest BCUT2D eigenvalue weighted by molar-refractivity contribution is -0.158. The first-order valence-electron chi connectivity index (χ1n) is 7.12. The molecule has 5 unspecified atom stereocenters. The van der Waals surface area contributed by atoms with Crippen LogP contribution in [0.1, 0.15) is 19.8 Å². The third-order valence-electron chi connectivity index (χ3n) is 4.26. The van der Waals surface area contributed by atoms with Gasteiger partial charge in [0.25, 0.3) is 0 Å². The lowest BCUT2D eigenvalue weighted by Crippen LogP contribution is -2.41. The zero-order chi connectivity index (χ0) is 14.3. The number of allylic oxidation sites excluding steroid dienone is 1. The van der Waals surface area contributed by atoms with Crippen LogP contribution in [0.5, 0.6) is 0 Å². The third kappa shape index (κ3) is 2.32. The number of fused-ring (bicyclic) bond motifs is 1. The lowest BCUT2D eigenvalue weighted by atomic mass is 10.1. The van der Waals surface area contributed by atoms with Crippen molar-refractivity contribution in [1.82, 2.24) is 4.90 Å². The lowest BCUT2D eigenvalue weighted by Gasteiger charge is -2.27. The molecule has 3 saturated heterocycles. The van der Waals surface area contributed by atoms with Gasteiger partial charge in [-0.2, -0.15) is 0 Å². The van der Waals surface area contributed by atoms with Gasteiger partial charge in [-0.1, -0.05) is 6.58 Å². The molecule has 0 aromatic heterocycles. The summed E-state index contributed by atoms with van der Waals surface area (Å²) in [6.07, 6.45) is 0.00732. The van der Waals surface area contributed by atoms with Crippen molar-refractivity contribution in [2.45, 2.75) is 50.2 Å². The van der Waals surface area contributed by atoms with Crippen molar-refractivity contribution in [2.75, 3.05) is 19.8 Å². The summed E-state index contributed by atoms with van der Waals surface area (Å²) in [5.74, 6) is -0.246. The largest absolute Gasteiger partial charge is 0.455 e. The van der Waals surface area contributed by atoms with Crippen molar-refractivity contribution >= 4 is 5.97 Å². The highest BCUT2D eigenvalue weighted by Crippen LogP contribution is 2.30. The second-order valence-electron chi connectivity index (χ2n) is 5.73. The minimum Gasteiger partial charge on any atom is -0.455 e. The Balaban J connectivity index is 1.61. The molecule has 0 aromatic carbocycles. The van der Waals surface area contributed by atoms with E-state index in [9.17, 15) is 9.90 Å². The number of aliphatic hydroxyl groups is 1. The van der Waals surface area contributed by atoms with E-state index in [0.717, 1.165) is 25.1 Å². The molecule has 0 bridgehead atoms. The van der Waals surface area contributed by atoms with Crippen LogP contribution in [0, 0.1) is 0 Å². The summed E-state index contributed by atoms with van der Waals surface area (Å²) >= 11 is 0. The SMILES string of the molecule is C=C(C)N1CCCC1C(=O)OC1COC2C(O)COC12. The number of ether oxygens (including phenoxy) is 3. The highest BCUT2D eigenvalue weighted by molar-refractivity contribution is 5.76. The van der Waals surface area contributed by atoms with Crippen LogP contribution < -0.4 is 0 Å². The zero-order valence-electron chi connectivity index (χ0n) is 11.7. The van der Waals surface area contributed by atoms with Gasteiger partial charge in [0.2, 0.25) is 0 Å². The van der Waals surface area contributed by atoms with E-state index in [2.05, 4.69) is 6.58 Å². The molecule has 112 valence electrons. The maximum Gasteiger partial charge on any atom is 0.329 e. The van der Waals surface area contributed by atoms with E-state index in [1.54, 1.807) is 0 Å². The molecule has 0 saturated carbocycles. The van der Waals surface area contributed by atoms with Gasteiger partial charge in [-0.05, 0) is 19.8 Å². The molecule has 0 aliphatic carbocycles. The summed E-state index contributed by atoms with van der Waals surface area (Å²) in [5, 5.41) is 9.67. The molecular weight excluding hydrogens is 262 g/mol. The first-order valence-corrected chi connectivity index (χ1v) is 7.12. The van der Waals surface area contributed by atoms with Crippen LogP contribution in [0.4, 0.5) is 0 Å². The molecule has 3 aliphatic rings. The summed E-state index contributed by atoms with van der Waals surface area (Å²) in [4.78, 5) is 14.3. The Labute approximate surface area is 118 Å². The Bertz CT molecular complexity index is 412. The Morgan fingerprint density at radius 3 is 2.85 bits per heavy atom. The van der Waals surface area contributed by atoms with Gasteiger partial charge >= 0.3 is 5.97 Å². The second-order valence-corrected chi connectivity index (χ2v) is 5.73. The molecule has 0 spiro atoms. The Morgan fingerprint density at radius 1 is 1.35 bits per heavy atom. The van der Waals surface area contributed by atoms with Gasteiger partial charge < -0.3 is 24.2 Å². The second kappa shape index (κ2) is 5.35. The van der Waals surface area contributed by atoms with Crippen LogP contribution in [0.25, 0.3) is 0 Å². The number of likely N-dealkylation sites (tertiary alicyclic amines) is 1. The number of nitrogens with zero attached hydrogens (tertiary/aromatic N) is 1. The van der Waals surface area contributed by atoms with Gasteiger partial charge in [0, 0.05) is 12.2 Å². The van der Waals surface area contributed by atoms with Crippen LogP contribution in [0.15, 0.2) is 12.3 Å². The third-order valence-corrected chi connectivity index (χ3v) is 4.26. The molecule has 1 N–H and O–H groups in total. The molecular formula is C14H21NO5. The standard InChI is InChI=1S/C14H21NO5/c1-8(2)15-5-3-4-9(15)14(17)20-11-7-19-12-10(16)6-18-13(11)12/h9-13,16H,1,3-7H2,2H3. The van der Waals surface area contributed by atoms with E-state index in [-0.39, 0.29) is 37.4 Å². The average Bonchev–Trinajstić information content (AvgIpc) is 3.08. The molecule has 6 heteroatoms. The number of carbonyl (C=O) groups excluding carboxylic acids is 1. The molecule has 3 rings (SSSR count). The molecule has 6 nitrogen and oxygen atoms in total. The molecule has 3 aliphatic heterocycles. The molecule has 20 heavy (non-hydrogen) atoms. The minimum atomic E-state index is -0.623. The van der Waals surface area contributed by atoms with Gasteiger partial charge in [0.15, 0.2) is 6.10 Å². The van der Waals surface area contributed by atoms with Crippen LogP contribution in [-0.4, -0.2) is 66.2 Å². The predicted molar refractivity (Wildman–Crippen MR) is 69.9 cm³/mol. The predicted octanol–water partition coefficient (Wildman–Crippen LogP) is 0.0547. The van der Waals surface area contributed by atoms with Crippen molar-refractivity contribution < 1.29 is 24.1 Å². The highest BCUT2D eigenvalue weighted by Gasteiger charge is 2.49. The average molecular weight is 283 g/mol. The van der Waals surface area contributed by atoms with Crippen molar-refractivity contribution in [3.8, 4) is 0 Å². The number of carbonyl (C=O) groups is 1. The van der Waals surface area contributed by atoms with Crippen molar-refractivity contribution in [3.63, 3.8) is 0 Å². The number of hydrogen-bond donors (Lipinski definition) is 1. The first-order chi connectivity index (χ1) is 9.58. The normalized spacial score (nSPS) is 39.9. The van der Waals surface area contributed by atoms with Crippen LogP contribution in [0.3, 0.4) is 0 Å². The van der Waals surface area contributed by atoms with Gasteiger partial charge in [-0.15, -0.1) is 0 Å². The Kier molecular flexibility index (Phi) is 3.70. The van der Waals surface area contributed by atoms with Crippen LogP contribution in [0.2, 0.25) is 0 Å². The van der Waals surface area contributed by atoms with Crippen molar-refractivity contribution in [3.05, 3.63) is 12.3 Å². The monoisotopic (exact) mass is 283 g/mol. The van der Waals surface area contributed by atoms with E-state index >= 15 is 0 Å². The summed E-state index contributed by atoms with van der Waals surface area (Å²) in [6.45, 7) is 7.18. The van der Waals surface area contributed by atoms with Crippen molar-refractivity contribution in [1.29, 1.82) is 0 Å². The molecule has 0 amide bonds. The highest BCUT2D eigenvalue weighted by atomic mass is 16.6. The molecule has 3 fully saturated rings. The number of hydrogen-bond acceptors (Lipinski definition) is 6. The summed E-state index contributed by atoms with van der Waals surface area (Å²) in [5.41, 5.74) is 0.887. The fraction of sp³-hybridized carbons (Fsp3) is 0.786. The quantitative estimate of drug-likeness (QED) is 0.739. The Morgan fingerprint density at radius 2 is 2.10 bits per heavy atom. The smallest absolute Gasteiger partial charge is 0.329 e. The molecule has 0 radical (unpaired) electrons. The van der Waals surface area contributed by atoms with E-state index in [4.69, 9.17) is 14.2 Å². The Hall–Kier alpha value is -1.11. The summed E-state index contributed by atoms with van der Waals surface area (Å²) < 4.78 is 16.5. The number of esters is 1. The van der Waals surface area contributed by atoms with Crippen LogP contribution >= 0.6 is 0 Å². The van der Waals surface area contributed by atoms with Gasteiger partial charge in [-0.3, -0.25) is 0 Å². The zero-order valence-corrected chi connectivity index (χ0v) is 11.7. The van der Waals surface area contributed by atoms with E-state index in [1.807, 2.05) is 11.8 Å². The number of rotatable bonds is 3. The van der Waals surface area contributed by atoms with Gasteiger partial charge in [0.05, 0.1) is 13.2 Å². The van der Waals surface area contributed by atoms with E-state index < -0.39 is 12.2 Å². The van der Waals surface area contributed by atoms with Gasteiger partial charge in [-0.25, -0.2) is 4.79 Å². The molecule has 3 heterocycles. The van der Waals surface area contributed by atoms with Crippen LogP contribution in [-0.2, 0) is 19.0 Å². The summed E-state index contributed by atoms with van der Waals surface area (Å²) in [6, 6.07) is -0.252. The van der Waals surface area contributed by atoms with Gasteiger partial charge in [0.1, 0.15) is 24.4 Å². The molecule has 0 aromatic rings. The van der Waals surface area contributed by atoms with E-state index in [1.165, 1.54) is 0 Å².